The molecule has 0 bridgehead atoms. The fraction of sp³-hybridized carbons (Fsp3) is 0.538. The largest absolute Gasteiger partial charge is 0.395 e. The first-order valence-electron chi connectivity index (χ1n) is 6.35. The average Bonchev–Trinajstić information content (AvgIpc) is 2.91. The Morgan fingerprint density at radius 1 is 1.61 bits per heavy atom. The fourth-order valence-electron chi connectivity index (χ4n) is 2.25. The molecule has 0 saturated carbocycles. The number of aliphatic hydroxyl groups excluding tert-OH is 1. The maximum atomic E-state index is 12.3. The second-order valence-electron chi connectivity index (χ2n) is 4.51. The van der Waals surface area contributed by atoms with E-state index in [2.05, 4.69) is 10.3 Å². The lowest BCUT2D eigenvalue weighted by Gasteiger charge is -2.25. The fourth-order valence-corrected chi connectivity index (χ4v) is 2.25. The molecule has 0 aliphatic carbocycles. The number of amides is 1. The normalized spacial score (nSPS) is 18.8. The van der Waals surface area contributed by atoms with Gasteiger partial charge in [-0.25, -0.2) is 0 Å². The van der Waals surface area contributed by atoms with Crippen molar-refractivity contribution in [3.05, 3.63) is 30.1 Å². The first-order chi connectivity index (χ1) is 8.81. The highest BCUT2D eigenvalue weighted by atomic mass is 16.3. The molecule has 5 heteroatoms. The lowest BCUT2D eigenvalue weighted by atomic mass is 10.2. The van der Waals surface area contributed by atoms with Gasteiger partial charge in [0.25, 0.3) is 5.91 Å². The van der Waals surface area contributed by atoms with Gasteiger partial charge in [-0.1, -0.05) is 0 Å². The number of nitrogens with one attached hydrogen (secondary N) is 1. The topological polar surface area (TPSA) is 65.5 Å². The molecular formula is C13H19N3O2. The molecule has 98 valence electrons. The SMILES string of the molecule is O=C(c1cccnc1)N(CCO)CC1CCCN1. The molecule has 1 atom stereocenters. The van der Waals surface area contributed by atoms with Crippen molar-refractivity contribution in [1.82, 2.24) is 15.2 Å². The molecule has 1 unspecified atom stereocenters. The van der Waals surface area contributed by atoms with Crippen LogP contribution in [-0.4, -0.2) is 53.2 Å². The van der Waals surface area contributed by atoms with Crippen molar-refractivity contribution < 1.29 is 9.90 Å². The van der Waals surface area contributed by atoms with Gasteiger partial charge < -0.3 is 15.3 Å². The first kappa shape index (κ1) is 13.0. The van der Waals surface area contributed by atoms with E-state index in [9.17, 15) is 4.79 Å². The number of hydrogen-bond donors (Lipinski definition) is 2. The molecular weight excluding hydrogens is 230 g/mol. The molecule has 18 heavy (non-hydrogen) atoms. The van der Waals surface area contributed by atoms with Crippen molar-refractivity contribution >= 4 is 5.91 Å². The number of rotatable bonds is 5. The summed E-state index contributed by atoms with van der Waals surface area (Å²) in [5.74, 6) is -0.0640. The molecule has 0 spiro atoms. The molecule has 5 nitrogen and oxygen atoms in total. The second-order valence-corrected chi connectivity index (χ2v) is 4.51. The molecule has 1 fully saturated rings. The Labute approximate surface area is 107 Å². The first-order valence-corrected chi connectivity index (χ1v) is 6.35. The molecule has 1 saturated heterocycles. The summed E-state index contributed by atoms with van der Waals surface area (Å²) in [5.41, 5.74) is 0.573. The van der Waals surface area contributed by atoms with Gasteiger partial charge in [-0.3, -0.25) is 9.78 Å². The maximum Gasteiger partial charge on any atom is 0.255 e. The predicted octanol–water partition coefficient (Wildman–Crippen LogP) is 0.268. The summed E-state index contributed by atoms with van der Waals surface area (Å²) in [7, 11) is 0. The van der Waals surface area contributed by atoms with E-state index in [1.54, 1.807) is 29.4 Å². The predicted molar refractivity (Wildman–Crippen MR) is 68.3 cm³/mol. The molecule has 2 rings (SSSR count). The molecule has 1 aromatic heterocycles. The van der Waals surface area contributed by atoms with Crippen LogP contribution in [-0.2, 0) is 0 Å². The summed E-state index contributed by atoms with van der Waals surface area (Å²) in [6.45, 7) is 2.01. The van der Waals surface area contributed by atoms with E-state index in [1.165, 1.54) is 0 Å². The van der Waals surface area contributed by atoms with Crippen LogP contribution in [0.3, 0.4) is 0 Å². The van der Waals surface area contributed by atoms with Crippen LogP contribution in [0, 0.1) is 0 Å². The molecule has 0 aromatic carbocycles. The lowest BCUT2D eigenvalue weighted by molar-refractivity contribution is 0.0706. The third-order valence-corrected chi connectivity index (χ3v) is 3.17. The molecule has 1 aromatic rings. The van der Waals surface area contributed by atoms with Gasteiger partial charge in [0, 0.05) is 31.5 Å². The van der Waals surface area contributed by atoms with E-state index in [-0.39, 0.29) is 12.5 Å². The van der Waals surface area contributed by atoms with Crippen LogP contribution in [0.5, 0.6) is 0 Å². The summed E-state index contributed by atoms with van der Waals surface area (Å²) < 4.78 is 0. The van der Waals surface area contributed by atoms with Gasteiger partial charge in [-0.05, 0) is 31.5 Å². The monoisotopic (exact) mass is 249 g/mol. The van der Waals surface area contributed by atoms with Crippen molar-refractivity contribution in [2.45, 2.75) is 18.9 Å². The van der Waals surface area contributed by atoms with Gasteiger partial charge in [0.1, 0.15) is 0 Å². The van der Waals surface area contributed by atoms with Crippen LogP contribution in [0.2, 0.25) is 0 Å². The average molecular weight is 249 g/mol. The van der Waals surface area contributed by atoms with Crippen LogP contribution < -0.4 is 5.32 Å². The van der Waals surface area contributed by atoms with Gasteiger partial charge in [0.05, 0.1) is 12.2 Å². The van der Waals surface area contributed by atoms with Crippen molar-refractivity contribution in [3.8, 4) is 0 Å². The molecule has 1 aliphatic heterocycles. The number of carbonyl (C=O) groups is 1. The van der Waals surface area contributed by atoms with E-state index in [1.807, 2.05) is 0 Å². The van der Waals surface area contributed by atoms with Gasteiger partial charge >= 0.3 is 0 Å². The maximum absolute atomic E-state index is 12.3. The summed E-state index contributed by atoms with van der Waals surface area (Å²) in [6, 6.07) is 3.84. The molecule has 1 amide bonds. The smallest absolute Gasteiger partial charge is 0.255 e. The van der Waals surface area contributed by atoms with Crippen molar-refractivity contribution in [2.75, 3.05) is 26.2 Å². The van der Waals surface area contributed by atoms with Gasteiger partial charge in [0.15, 0.2) is 0 Å². The minimum atomic E-state index is -0.0640. The Kier molecular flexibility index (Phi) is 4.66. The van der Waals surface area contributed by atoms with Crippen LogP contribution in [0.25, 0.3) is 0 Å². The molecule has 2 N–H and O–H groups in total. The number of hydrogen-bond acceptors (Lipinski definition) is 4. The van der Waals surface area contributed by atoms with E-state index in [4.69, 9.17) is 5.11 Å². The van der Waals surface area contributed by atoms with Gasteiger partial charge in [-0.2, -0.15) is 0 Å². The summed E-state index contributed by atoms with van der Waals surface area (Å²) in [6.07, 6.45) is 5.45. The van der Waals surface area contributed by atoms with Crippen LogP contribution in [0.15, 0.2) is 24.5 Å². The summed E-state index contributed by atoms with van der Waals surface area (Å²) in [4.78, 5) is 17.9. The Morgan fingerprint density at radius 2 is 2.50 bits per heavy atom. The zero-order chi connectivity index (χ0) is 12.8. The Bertz CT molecular complexity index is 377. The highest BCUT2D eigenvalue weighted by molar-refractivity contribution is 5.93. The van der Waals surface area contributed by atoms with Crippen molar-refractivity contribution in [1.29, 1.82) is 0 Å². The Hall–Kier alpha value is -1.46. The number of pyridine rings is 1. The van der Waals surface area contributed by atoms with E-state index in [0.717, 1.165) is 19.4 Å². The molecule has 1 aliphatic rings. The quantitative estimate of drug-likeness (QED) is 0.786. The third kappa shape index (κ3) is 3.27. The number of nitrogens with zero attached hydrogens (tertiary/aromatic N) is 2. The minimum absolute atomic E-state index is 0.0152. The zero-order valence-electron chi connectivity index (χ0n) is 10.4. The van der Waals surface area contributed by atoms with Crippen molar-refractivity contribution in [2.24, 2.45) is 0 Å². The second kappa shape index (κ2) is 6.47. The van der Waals surface area contributed by atoms with Crippen LogP contribution >= 0.6 is 0 Å². The van der Waals surface area contributed by atoms with Crippen LogP contribution in [0.1, 0.15) is 23.2 Å². The van der Waals surface area contributed by atoms with E-state index in [0.29, 0.717) is 24.7 Å². The number of aromatic nitrogens is 1. The number of aliphatic hydroxyl groups is 1. The highest BCUT2D eigenvalue weighted by Crippen LogP contribution is 2.09. The summed E-state index contributed by atoms with van der Waals surface area (Å²) >= 11 is 0. The van der Waals surface area contributed by atoms with Crippen LogP contribution in [0.4, 0.5) is 0 Å². The highest BCUT2D eigenvalue weighted by Gasteiger charge is 2.22. The van der Waals surface area contributed by atoms with E-state index < -0.39 is 0 Å². The standard InChI is InChI=1S/C13H19N3O2/c17-8-7-16(10-12-4-2-6-15-12)13(18)11-3-1-5-14-9-11/h1,3,5,9,12,15,17H,2,4,6-8,10H2. The molecule has 0 radical (unpaired) electrons. The lowest BCUT2D eigenvalue weighted by Crippen LogP contribution is -2.42. The van der Waals surface area contributed by atoms with Gasteiger partial charge in [-0.15, -0.1) is 0 Å². The Morgan fingerprint density at radius 3 is 3.11 bits per heavy atom. The van der Waals surface area contributed by atoms with Crippen molar-refractivity contribution in [3.63, 3.8) is 0 Å². The molecule has 2 heterocycles. The Balaban J connectivity index is 2.02. The van der Waals surface area contributed by atoms with Gasteiger partial charge in [0.2, 0.25) is 0 Å². The number of carbonyl (C=O) groups excluding carboxylic acids is 1. The zero-order valence-corrected chi connectivity index (χ0v) is 10.4. The third-order valence-electron chi connectivity index (χ3n) is 3.17. The minimum Gasteiger partial charge on any atom is -0.395 e. The summed E-state index contributed by atoms with van der Waals surface area (Å²) in [5, 5.41) is 12.4. The van der Waals surface area contributed by atoms with E-state index >= 15 is 0 Å².